The van der Waals surface area contributed by atoms with Crippen molar-refractivity contribution in [3.05, 3.63) is 23.8 Å². The van der Waals surface area contributed by atoms with E-state index in [-0.39, 0.29) is 22.6 Å². The van der Waals surface area contributed by atoms with Crippen LogP contribution in [-0.2, 0) is 9.59 Å². The summed E-state index contributed by atoms with van der Waals surface area (Å²) in [5.41, 5.74) is 1.35. The van der Waals surface area contributed by atoms with Crippen molar-refractivity contribution in [3.63, 3.8) is 0 Å². The van der Waals surface area contributed by atoms with Gasteiger partial charge in [0.05, 0.1) is 0 Å². The van der Waals surface area contributed by atoms with E-state index in [1.165, 1.54) is 25.7 Å². The zero-order chi connectivity index (χ0) is 20.3. The van der Waals surface area contributed by atoms with Crippen molar-refractivity contribution in [1.29, 1.82) is 0 Å². The second-order valence-corrected chi connectivity index (χ2v) is 10.5. The highest BCUT2D eigenvalue weighted by molar-refractivity contribution is 5.89. The van der Waals surface area contributed by atoms with Crippen LogP contribution >= 0.6 is 0 Å². The first-order chi connectivity index (χ1) is 13.2. The van der Waals surface area contributed by atoms with Gasteiger partial charge in [0, 0.05) is 30.6 Å². The molecule has 4 rings (SSSR count). The Bertz CT molecular complexity index is 737. The van der Waals surface area contributed by atoms with Crippen LogP contribution in [0, 0.1) is 28.6 Å². The number of carbonyl (C=O) groups is 2. The number of fused-ring (bicyclic) bond motifs is 5. The smallest absolute Gasteiger partial charge is 0.246 e. The van der Waals surface area contributed by atoms with Crippen LogP contribution in [0.5, 0.6) is 0 Å². The molecule has 0 aromatic heterocycles. The number of nitrogens with one attached hydrogen (secondary N) is 1. The molecule has 3 aliphatic carbocycles. The van der Waals surface area contributed by atoms with E-state index < -0.39 is 0 Å². The van der Waals surface area contributed by atoms with Crippen LogP contribution in [0.1, 0.15) is 66.2 Å². The molecule has 4 aliphatic rings. The van der Waals surface area contributed by atoms with Crippen LogP contribution in [-0.4, -0.2) is 35.8 Å². The number of allylic oxidation sites excluding steroid dienone is 1. The number of likely N-dealkylation sites (N-methyl/N-ethyl adjacent to an activating group) is 1. The Morgan fingerprint density at radius 3 is 2.61 bits per heavy atom. The Kier molecular flexibility index (Phi) is 4.75. The molecular weight excluding hydrogens is 348 g/mol. The fourth-order valence-corrected chi connectivity index (χ4v) is 7.45. The molecular formula is C24H36N2O2. The lowest BCUT2D eigenvalue weighted by Crippen LogP contribution is -2.60. The van der Waals surface area contributed by atoms with Gasteiger partial charge in [-0.2, -0.15) is 0 Å². The summed E-state index contributed by atoms with van der Waals surface area (Å²) in [6.45, 7) is 8.76. The Morgan fingerprint density at radius 1 is 1.14 bits per heavy atom. The van der Waals surface area contributed by atoms with Gasteiger partial charge in [0.1, 0.15) is 0 Å². The van der Waals surface area contributed by atoms with Crippen molar-refractivity contribution in [2.24, 2.45) is 28.6 Å². The van der Waals surface area contributed by atoms with Gasteiger partial charge >= 0.3 is 0 Å². The molecule has 7 atom stereocenters. The average molecular weight is 385 g/mol. The van der Waals surface area contributed by atoms with E-state index in [2.05, 4.69) is 25.2 Å². The standard InChI is InChI=1S/C24H36N2O2/c1-15(2)14-21(27)25-19-8-7-17-16-6-9-20-24(4,13-11-22(28)26(20)5)18(16)10-12-23(17,19)3/h11,13-14,16-20H,6-10,12H2,1-5H3,(H,25,27)/t16-,17-,18-,19?,20+,23-,24+/m0/s1. The molecule has 28 heavy (non-hydrogen) atoms. The minimum absolute atomic E-state index is 0.0695. The third-order valence-corrected chi connectivity index (χ3v) is 8.86. The van der Waals surface area contributed by atoms with Gasteiger partial charge in [-0.25, -0.2) is 0 Å². The number of amides is 2. The van der Waals surface area contributed by atoms with Gasteiger partial charge in [-0.3, -0.25) is 9.59 Å². The largest absolute Gasteiger partial charge is 0.349 e. The number of carbonyl (C=O) groups excluding carboxylic acids is 2. The minimum Gasteiger partial charge on any atom is -0.349 e. The second kappa shape index (κ2) is 6.74. The molecule has 0 saturated heterocycles. The lowest BCUT2D eigenvalue weighted by atomic mass is 9.48. The molecule has 1 unspecified atom stereocenters. The van der Waals surface area contributed by atoms with Crippen LogP contribution in [0.2, 0.25) is 0 Å². The Labute approximate surface area is 169 Å². The van der Waals surface area contributed by atoms with Gasteiger partial charge in [-0.15, -0.1) is 0 Å². The van der Waals surface area contributed by atoms with E-state index in [9.17, 15) is 9.59 Å². The zero-order valence-corrected chi connectivity index (χ0v) is 18.1. The normalized spacial score (nSPS) is 44.4. The van der Waals surface area contributed by atoms with Crippen LogP contribution < -0.4 is 5.32 Å². The quantitative estimate of drug-likeness (QED) is 0.730. The van der Waals surface area contributed by atoms with E-state index in [4.69, 9.17) is 0 Å². The maximum absolute atomic E-state index is 12.4. The molecule has 0 aromatic rings. The molecule has 4 nitrogen and oxygen atoms in total. The molecule has 0 radical (unpaired) electrons. The van der Waals surface area contributed by atoms with Gasteiger partial charge in [-0.05, 0) is 81.6 Å². The molecule has 2 amide bonds. The van der Waals surface area contributed by atoms with E-state index in [0.29, 0.717) is 29.8 Å². The van der Waals surface area contributed by atoms with Gasteiger partial charge in [0.2, 0.25) is 11.8 Å². The maximum Gasteiger partial charge on any atom is 0.246 e. The molecule has 154 valence electrons. The lowest BCUT2D eigenvalue weighted by Gasteiger charge is -2.60. The van der Waals surface area contributed by atoms with Crippen LogP contribution in [0.15, 0.2) is 23.8 Å². The SMILES string of the molecule is CC(C)=CC(=O)NC1CC[C@H]2[C@@H]3CC[C@H]4N(C)C(=O)C=C[C@]4(C)[C@H]3CC[C@]12C. The molecule has 4 heteroatoms. The number of rotatable bonds is 2. The summed E-state index contributed by atoms with van der Waals surface area (Å²) in [7, 11) is 1.98. The predicted molar refractivity (Wildman–Crippen MR) is 111 cm³/mol. The van der Waals surface area contributed by atoms with Crippen LogP contribution in [0.4, 0.5) is 0 Å². The fraction of sp³-hybridized carbons (Fsp3) is 0.750. The molecule has 0 bridgehead atoms. The van der Waals surface area contributed by atoms with Crippen LogP contribution in [0.25, 0.3) is 0 Å². The topological polar surface area (TPSA) is 49.4 Å². The van der Waals surface area contributed by atoms with Crippen LogP contribution in [0.3, 0.4) is 0 Å². The van der Waals surface area contributed by atoms with Gasteiger partial charge in [0.25, 0.3) is 0 Å². The van der Waals surface area contributed by atoms with E-state index in [1.54, 1.807) is 6.08 Å². The maximum atomic E-state index is 12.4. The molecule has 1 N–H and O–H groups in total. The first kappa shape index (κ1) is 19.7. The minimum atomic E-state index is 0.0695. The third-order valence-electron chi connectivity index (χ3n) is 8.86. The molecule has 3 saturated carbocycles. The highest BCUT2D eigenvalue weighted by Gasteiger charge is 2.60. The number of hydrogen-bond acceptors (Lipinski definition) is 2. The monoisotopic (exact) mass is 384 g/mol. The van der Waals surface area contributed by atoms with Crippen molar-refractivity contribution < 1.29 is 9.59 Å². The average Bonchev–Trinajstić information content (AvgIpc) is 2.94. The number of nitrogens with zero attached hydrogens (tertiary/aromatic N) is 1. The van der Waals surface area contributed by atoms with Crippen molar-refractivity contribution in [2.45, 2.75) is 78.3 Å². The molecule has 0 spiro atoms. The molecule has 0 aromatic carbocycles. The summed E-state index contributed by atoms with van der Waals surface area (Å²) in [6, 6.07) is 0.628. The molecule has 1 heterocycles. The fourth-order valence-electron chi connectivity index (χ4n) is 7.45. The summed E-state index contributed by atoms with van der Waals surface area (Å²) >= 11 is 0. The lowest BCUT2D eigenvalue weighted by molar-refractivity contribution is -0.138. The van der Waals surface area contributed by atoms with Gasteiger partial charge in [0.15, 0.2) is 0 Å². The van der Waals surface area contributed by atoms with E-state index in [1.807, 2.05) is 31.9 Å². The Hall–Kier alpha value is -1.58. The molecule has 3 fully saturated rings. The second-order valence-electron chi connectivity index (χ2n) is 10.5. The summed E-state index contributed by atoms with van der Waals surface area (Å²) in [5, 5.41) is 3.34. The van der Waals surface area contributed by atoms with E-state index >= 15 is 0 Å². The zero-order valence-electron chi connectivity index (χ0n) is 18.1. The number of hydrogen-bond donors (Lipinski definition) is 1. The Morgan fingerprint density at radius 2 is 1.89 bits per heavy atom. The Balaban J connectivity index is 1.57. The summed E-state index contributed by atoms with van der Waals surface area (Å²) in [4.78, 5) is 26.6. The summed E-state index contributed by atoms with van der Waals surface area (Å²) in [6.07, 6.45) is 12.8. The van der Waals surface area contributed by atoms with Crippen molar-refractivity contribution in [3.8, 4) is 0 Å². The summed E-state index contributed by atoms with van der Waals surface area (Å²) in [5.74, 6) is 2.25. The first-order valence-electron chi connectivity index (χ1n) is 11.1. The highest BCUT2D eigenvalue weighted by Crippen LogP contribution is 2.63. The van der Waals surface area contributed by atoms with Crippen molar-refractivity contribution >= 4 is 11.8 Å². The predicted octanol–water partition coefficient (Wildman–Crippen LogP) is 4.08. The van der Waals surface area contributed by atoms with Crippen molar-refractivity contribution in [1.82, 2.24) is 10.2 Å². The third kappa shape index (κ3) is 2.86. The van der Waals surface area contributed by atoms with Crippen molar-refractivity contribution in [2.75, 3.05) is 7.05 Å². The van der Waals surface area contributed by atoms with Gasteiger partial charge < -0.3 is 10.2 Å². The summed E-state index contributed by atoms with van der Waals surface area (Å²) < 4.78 is 0. The molecule has 1 aliphatic heterocycles. The van der Waals surface area contributed by atoms with E-state index in [0.717, 1.165) is 18.4 Å². The van der Waals surface area contributed by atoms with Gasteiger partial charge in [-0.1, -0.05) is 25.5 Å². The highest BCUT2D eigenvalue weighted by atomic mass is 16.2. The first-order valence-corrected chi connectivity index (χ1v) is 11.1.